The number of nitrogens with two attached hydrogens (primary N) is 1. The maximum atomic E-state index is 5.83. The first-order chi connectivity index (χ1) is 7.81. The first-order valence-corrected chi connectivity index (χ1v) is 6.15. The second-order valence-corrected chi connectivity index (χ2v) is 4.38. The summed E-state index contributed by atoms with van der Waals surface area (Å²) in [5.74, 6) is 0. The molecule has 0 aliphatic carbocycles. The molecule has 0 unspecified atom stereocenters. The van der Waals surface area contributed by atoms with Gasteiger partial charge < -0.3 is 16.0 Å². The summed E-state index contributed by atoms with van der Waals surface area (Å²) in [6.45, 7) is 6.57. The Bertz CT molecular complexity index is 349. The standard InChI is InChI=1S/C13H21N3/c1-2-6-15-7-9-16-8-5-11-3-4-12(14)10-13(11)16/h3-4,10,15H,2,5-9,14H2,1H3. The molecule has 0 amide bonds. The van der Waals surface area contributed by atoms with E-state index in [1.807, 2.05) is 6.07 Å². The van der Waals surface area contributed by atoms with Crippen molar-refractivity contribution in [1.82, 2.24) is 5.32 Å². The molecule has 0 radical (unpaired) electrons. The molecule has 1 aromatic carbocycles. The molecule has 0 aromatic heterocycles. The van der Waals surface area contributed by atoms with E-state index in [2.05, 4.69) is 29.3 Å². The summed E-state index contributed by atoms with van der Waals surface area (Å²) in [5, 5.41) is 3.43. The number of fused-ring (bicyclic) bond motifs is 1. The van der Waals surface area contributed by atoms with Crippen molar-refractivity contribution in [2.45, 2.75) is 19.8 Å². The van der Waals surface area contributed by atoms with Gasteiger partial charge in [-0.1, -0.05) is 13.0 Å². The van der Waals surface area contributed by atoms with Gasteiger partial charge in [0.25, 0.3) is 0 Å². The van der Waals surface area contributed by atoms with Crippen LogP contribution in [0.1, 0.15) is 18.9 Å². The highest BCUT2D eigenvalue weighted by atomic mass is 15.2. The summed E-state index contributed by atoms with van der Waals surface area (Å²) in [6, 6.07) is 6.25. The molecule has 88 valence electrons. The zero-order valence-corrected chi connectivity index (χ0v) is 10.00. The van der Waals surface area contributed by atoms with Crippen LogP contribution in [-0.2, 0) is 6.42 Å². The number of benzene rings is 1. The lowest BCUT2D eigenvalue weighted by Gasteiger charge is -2.19. The molecular formula is C13H21N3. The van der Waals surface area contributed by atoms with Crippen molar-refractivity contribution in [3.8, 4) is 0 Å². The van der Waals surface area contributed by atoms with Crippen molar-refractivity contribution in [1.29, 1.82) is 0 Å². The molecule has 1 aliphatic heterocycles. The number of hydrogen-bond acceptors (Lipinski definition) is 3. The topological polar surface area (TPSA) is 41.3 Å². The van der Waals surface area contributed by atoms with E-state index in [0.717, 1.165) is 38.3 Å². The first kappa shape index (κ1) is 11.3. The highest BCUT2D eigenvalue weighted by Crippen LogP contribution is 2.29. The van der Waals surface area contributed by atoms with Crippen molar-refractivity contribution in [3.05, 3.63) is 23.8 Å². The lowest BCUT2D eigenvalue weighted by Crippen LogP contribution is -2.31. The normalized spacial score (nSPS) is 14.2. The number of nitrogen functional groups attached to an aromatic ring is 1. The van der Waals surface area contributed by atoms with Crippen molar-refractivity contribution in [2.24, 2.45) is 0 Å². The zero-order chi connectivity index (χ0) is 11.4. The number of nitrogens with one attached hydrogen (secondary N) is 1. The SMILES string of the molecule is CCCNCCN1CCc2ccc(N)cc21. The average molecular weight is 219 g/mol. The Kier molecular flexibility index (Phi) is 3.67. The van der Waals surface area contributed by atoms with Crippen LogP contribution in [0, 0.1) is 0 Å². The second-order valence-electron chi connectivity index (χ2n) is 4.38. The van der Waals surface area contributed by atoms with Gasteiger partial charge in [-0.3, -0.25) is 0 Å². The molecular weight excluding hydrogens is 198 g/mol. The van der Waals surface area contributed by atoms with Crippen molar-refractivity contribution in [3.63, 3.8) is 0 Å². The summed E-state index contributed by atoms with van der Waals surface area (Å²) in [6.07, 6.45) is 2.35. The fraction of sp³-hybridized carbons (Fsp3) is 0.538. The Labute approximate surface area is 97.6 Å². The lowest BCUT2D eigenvalue weighted by molar-refractivity contribution is 0.656. The summed E-state index contributed by atoms with van der Waals surface area (Å²) < 4.78 is 0. The van der Waals surface area contributed by atoms with E-state index < -0.39 is 0 Å². The van der Waals surface area contributed by atoms with Crippen LogP contribution in [0.2, 0.25) is 0 Å². The van der Waals surface area contributed by atoms with Gasteiger partial charge in [-0.25, -0.2) is 0 Å². The number of nitrogens with zero attached hydrogens (tertiary/aromatic N) is 1. The highest BCUT2D eigenvalue weighted by Gasteiger charge is 2.18. The highest BCUT2D eigenvalue weighted by molar-refractivity contribution is 5.64. The minimum Gasteiger partial charge on any atom is -0.399 e. The molecule has 2 rings (SSSR count). The minimum atomic E-state index is 0.868. The zero-order valence-electron chi connectivity index (χ0n) is 10.00. The third kappa shape index (κ3) is 2.47. The van der Waals surface area contributed by atoms with Crippen LogP contribution < -0.4 is 16.0 Å². The molecule has 3 heteroatoms. The molecule has 1 heterocycles. The predicted molar refractivity (Wildman–Crippen MR) is 69.9 cm³/mol. The molecule has 3 nitrogen and oxygen atoms in total. The molecule has 1 aliphatic rings. The Balaban J connectivity index is 1.92. The summed E-state index contributed by atoms with van der Waals surface area (Å²) >= 11 is 0. The number of anilines is 2. The summed E-state index contributed by atoms with van der Waals surface area (Å²) in [4.78, 5) is 2.42. The van der Waals surface area contributed by atoms with E-state index in [-0.39, 0.29) is 0 Å². The molecule has 0 fully saturated rings. The Morgan fingerprint density at radius 2 is 2.25 bits per heavy atom. The third-order valence-corrected chi connectivity index (χ3v) is 3.09. The summed E-state index contributed by atoms with van der Waals surface area (Å²) in [5.41, 5.74) is 9.46. The van der Waals surface area contributed by atoms with Gasteiger partial charge in [0.05, 0.1) is 0 Å². The predicted octanol–water partition coefficient (Wildman–Crippen LogP) is 1.63. The molecule has 16 heavy (non-hydrogen) atoms. The Morgan fingerprint density at radius 3 is 3.06 bits per heavy atom. The smallest absolute Gasteiger partial charge is 0.0420 e. The molecule has 0 bridgehead atoms. The average Bonchev–Trinajstić information content (AvgIpc) is 2.67. The lowest BCUT2D eigenvalue weighted by atomic mass is 10.1. The van der Waals surface area contributed by atoms with E-state index in [0.29, 0.717) is 0 Å². The van der Waals surface area contributed by atoms with Gasteiger partial charge in [0.1, 0.15) is 0 Å². The molecule has 0 atom stereocenters. The molecule has 0 spiro atoms. The molecule has 0 saturated heterocycles. The Morgan fingerprint density at radius 1 is 1.38 bits per heavy atom. The van der Waals surface area contributed by atoms with Crippen LogP contribution in [0.4, 0.5) is 11.4 Å². The van der Waals surface area contributed by atoms with Gasteiger partial charge in [0.2, 0.25) is 0 Å². The largest absolute Gasteiger partial charge is 0.399 e. The van der Waals surface area contributed by atoms with Crippen molar-refractivity contribution in [2.75, 3.05) is 36.8 Å². The maximum absolute atomic E-state index is 5.83. The van der Waals surface area contributed by atoms with Crippen LogP contribution in [0.3, 0.4) is 0 Å². The minimum absolute atomic E-state index is 0.868. The number of rotatable bonds is 5. The molecule has 0 saturated carbocycles. The third-order valence-electron chi connectivity index (χ3n) is 3.09. The molecule has 1 aromatic rings. The van der Waals surface area contributed by atoms with E-state index in [9.17, 15) is 0 Å². The monoisotopic (exact) mass is 219 g/mol. The van der Waals surface area contributed by atoms with E-state index in [1.54, 1.807) is 0 Å². The van der Waals surface area contributed by atoms with Crippen LogP contribution in [0.15, 0.2) is 18.2 Å². The fourth-order valence-electron chi connectivity index (χ4n) is 2.21. The summed E-state index contributed by atoms with van der Waals surface area (Å²) in [7, 11) is 0. The van der Waals surface area contributed by atoms with Crippen LogP contribution in [-0.4, -0.2) is 26.2 Å². The van der Waals surface area contributed by atoms with E-state index in [1.165, 1.54) is 17.7 Å². The Hall–Kier alpha value is -1.22. The molecule has 3 N–H and O–H groups in total. The number of hydrogen-bond donors (Lipinski definition) is 2. The first-order valence-electron chi connectivity index (χ1n) is 6.15. The van der Waals surface area contributed by atoms with Gasteiger partial charge in [-0.2, -0.15) is 0 Å². The van der Waals surface area contributed by atoms with Gasteiger partial charge in [-0.05, 0) is 37.1 Å². The van der Waals surface area contributed by atoms with E-state index >= 15 is 0 Å². The fourth-order valence-corrected chi connectivity index (χ4v) is 2.21. The van der Waals surface area contributed by atoms with Crippen LogP contribution >= 0.6 is 0 Å². The maximum Gasteiger partial charge on any atom is 0.0420 e. The van der Waals surface area contributed by atoms with Gasteiger partial charge in [0, 0.05) is 31.0 Å². The van der Waals surface area contributed by atoms with Crippen molar-refractivity contribution >= 4 is 11.4 Å². The van der Waals surface area contributed by atoms with Gasteiger partial charge >= 0.3 is 0 Å². The van der Waals surface area contributed by atoms with Crippen LogP contribution in [0.25, 0.3) is 0 Å². The van der Waals surface area contributed by atoms with Crippen molar-refractivity contribution < 1.29 is 0 Å². The van der Waals surface area contributed by atoms with E-state index in [4.69, 9.17) is 5.73 Å². The van der Waals surface area contributed by atoms with Crippen LogP contribution in [0.5, 0.6) is 0 Å². The second kappa shape index (κ2) is 5.21. The van der Waals surface area contributed by atoms with Gasteiger partial charge in [-0.15, -0.1) is 0 Å². The van der Waals surface area contributed by atoms with Gasteiger partial charge in [0.15, 0.2) is 0 Å². The quantitative estimate of drug-likeness (QED) is 0.584.